The van der Waals surface area contributed by atoms with Crippen LogP contribution in [-0.2, 0) is 0 Å². The molecule has 0 radical (unpaired) electrons. The van der Waals surface area contributed by atoms with E-state index < -0.39 is 0 Å². The minimum absolute atomic E-state index is 0.0573. The Kier molecular flexibility index (Phi) is 6.44. The first-order valence-electron chi connectivity index (χ1n) is 12.5. The molecule has 5 rings (SSSR count). The molecule has 0 spiro atoms. The van der Waals surface area contributed by atoms with E-state index in [0.29, 0.717) is 6.54 Å². The highest BCUT2D eigenvalue weighted by atomic mass is 16.5. The van der Waals surface area contributed by atoms with Crippen molar-refractivity contribution in [1.82, 2.24) is 14.5 Å². The highest BCUT2D eigenvalue weighted by Crippen LogP contribution is 2.37. The van der Waals surface area contributed by atoms with Crippen LogP contribution in [0.25, 0.3) is 16.7 Å². The summed E-state index contributed by atoms with van der Waals surface area (Å²) in [5.74, 6) is 2.54. The number of aryl methyl sites for hydroxylation is 3. The number of benzene rings is 3. The van der Waals surface area contributed by atoms with E-state index >= 15 is 0 Å². The second-order valence-electron chi connectivity index (χ2n) is 9.64. The van der Waals surface area contributed by atoms with Crippen molar-refractivity contribution in [3.05, 3.63) is 82.7 Å². The third kappa shape index (κ3) is 4.21. The van der Waals surface area contributed by atoms with Gasteiger partial charge in [0.1, 0.15) is 17.3 Å². The molecule has 1 saturated heterocycles. The predicted molar refractivity (Wildman–Crippen MR) is 142 cm³/mol. The number of fused-ring (bicyclic) bond motifs is 1. The number of piperidine rings is 1. The van der Waals surface area contributed by atoms with Gasteiger partial charge in [0.25, 0.3) is 5.91 Å². The number of hydrogen-bond donors (Lipinski definition) is 0. The maximum absolute atomic E-state index is 14.1. The summed E-state index contributed by atoms with van der Waals surface area (Å²) in [6.07, 6.45) is 2.91. The van der Waals surface area contributed by atoms with Crippen molar-refractivity contribution in [3.63, 3.8) is 0 Å². The molecule has 186 valence electrons. The molecule has 1 unspecified atom stereocenters. The number of likely N-dealkylation sites (tertiary alicyclic amines) is 1. The molecule has 1 amide bonds. The fourth-order valence-corrected chi connectivity index (χ4v) is 5.40. The average Bonchev–Trinajstić information content (AvgIpc) is 3.26. The molecule has 2 heterocycles. The van der Waals surface area contributed by atoms with Gasteiger partial charge in [-0.25, -0.2) is 4.98 Å². The van der Waals surface area contributed by atoms with Gasteiger partial charge in [-0.3, -0.25) is 9.36 Å². The zero-order chi connectivity index (χ0) is 25.4. The van der Waals surface area contributed by atoms with E-state index in [2.05, 4.69) is 41.8 Å². The Morgan fingerprint density at radius 3 is 2.25 bits per heavy atom. The lowest BCUT2D eigenvalue weighted by atomic mass is 9.96. The second-order valence-corrected chi connectivity index (χ2v) is 9.64. The molecule has 4 aromatic rings. The van der Waals surface area contributed by atoms with Crippen LogP contribution in [0.15, 0.2) is 54.6 Å². The molecule has 36 heavy (non-hydrogen) atoms. The second kappa shape index (κ2) is 9.69. The van der Waals surface area contributed by atoms with Crippen molar-refractivity contribution in [1.29, 1.82) is 0 Å². The molecule has 1 atom stereocenters. The normalized spacial score (nSPS) is 15.8. The zero-order valence-corrected chi connectivity index (χ0v) is 21.7. The maximum Gasteiger partial charge on any atom is 0.255 e. The maximum atomic E-state index is 14.1. The lowest BCUT2D eigenvalue weighted by Gasteiger charge is -2.36. The predicted octanol–water partition coefficient (Wildman–Crippen LogP) is 6.34. The van der Waals surface area contributed by atoms with Crippen LogP contribution in [0.4, 0.5) is 0 Å². The molecular weight excluding hydrogens is 450 g/mol. The number of ether oxygens (including phenoxy) is 2. The number of aromatic nitrogens is 2. The molecule has 0 aliphatic carbocycles. The van der Waals surface area contributed by atoms with Crippen LogP contribution in [0.1, 0.15) is 58.2 Å². The molecule has 3 aromatic carbocycles. The van der Waals surface area contributed by atoms with Gasteiger partial charge in [-0.05, 0) is 105 Å². The van der Waals surface area contributed by atoms with Crippen LogP contribution in [-0.4, -0.2) is 41.1 Å². The van der Waals surface area contributed by atoms with Gasteiger partial charge in [-0.1, -0.05) is 6.07 Å². The Balaban J connectivity index is 1.64. The van der Waals surface area contributed by atoms with Crippen molar-refractivity contribution in [3.8, 4) is 17.2 Å². The number of amides is 1. The first-order chi connectivity index (χ1) is 17.4. The number of nitrogens with zero attached hydrogens (tertiary/aromatic N) is 3. The van der Waals surface area contributed by atoms with Crippen LogP contribution in [0, 0.1) is 20.8 Å². The summed E-state index contributed by atoms with van der Waals surface area (Å²) in [6, 6.07) is 18.1. The molecule has 1 aliphatic heterocycles. The topological polar surface area (TPSA) is 56.6 Å². The van der Waals surface area contributed by atoms with Gasteiger partial charge in [0.05, 0.1) is 31.3 Å². The highest BCUT2D eigenvalue weighted by molar-refractivity contribution is 5.97. The Labute approximate surface area is 212 Å². The smallest absolute Gasteiger partial charge is 0.255 e. The lowest BCUT2D eigenvalue weighted by Crippen LogP contribution is -2.40. The molecule has 6 nitrogen and oxygen atoms in total. The van der Waals surface area contributed by atoms with E-state index in [1.807, 2.05) is 43.0 Å². The van der Waals surface area contributed by atoms with Crippen LogP contribution < -0.4 is 9.47 Å². The summed E-state index contributed by atoms with van der Waals surface area (Å²) in [5, 5.41) is 0. The van der Waals surface area contributed by atoms with E-state index in [-0.39, 0.29) is 11.9 Å². The highest BCUT2D eigenvalue weighted by Gasteiger charge is 2.34. The summed E-state index contributed by atoms with van der Waals surface area (Å²) in [6.45, 7) is 6.75. The number of carbonyl (C=O) groups excluding carboxylic acids is 1. The van der Waals surface area contributed by atoms with E-state index in [1.165, 1.54) is 0 Å². The van der Waals surface area contributed by atoms with Crippen LogP contribution in [0.5, 0.6) is 11.5 Å². The summed E-state index contributed by atoms with van der Waals surface area (Å²) < 4.78 is 13.0. The molecule has 0 N–H and O–H groups in total. The number of imidazole rings is 1. The minimum atomic E-state index is -0.123. The van der Waals surface area contributed by atoms with E-state index in [4.69, 9.17) is 14.5 Å². The van der Waals surface area contributed by atoms with Crippen molar-refractivity contribution >= 4 is 16.9 Å². The van der Waals surface area contributed by atoms with Crippen LogP contribution >= 0.6 is 0 Å². The molecule has 1 aromatic heterocycles. The van der Waals surface area contributed by atoms with Crippen molar-refractivity contribution < 1.29 is 14.3 Å². The quantitative estimate of drug-likeness (QED) is 0.333. The Hall–Kier alpha value is -3.80. The van der Waals surface area contributed by atoms with Gasteiger partial charge in [-0.2, -0.15) is 0 Å². The summed E-state index contributed by atoms with van der Waals surface area (Å²) in [5.41, 5.74) is 6.76. The number of rotatable bonds is 5. The Morgan fingerprint density at radius 1 is 0.889 bits per heavy atom. The largest absolute Gasteiger partial charge is 0.497 e. The molecule has 0 saturated carbocycles. The molecular formula is C30H33N3O3. The Morgan fingerprint density at radius 2 is 1.58 bits per heavy atom. The van der Waals surface area contributed by atoms with Gasteiger partial charge >= 0.3 is 0 Å². The van der Waals surface area contributed by atoms with Crippen molar-refractivity contribution in [2.45, 2.75) is 46.1 Å². The van der Waals surface area contributed by atoms with E-state index in [9.17, 15) is 4.79 Å². The SMILES string of the molecule is COc1ccc(-n2c(C3CCCCN3C(=O)c3c(C)cc(OC)cc3C)nc3cc(C)ccc32)cc1. The summed E-state index contributed by atoms with van der Waals surface area (Å²) in [4.78, 5) is 21.2. The Bertz CT molecular complexity index is 1400. The van der Waals surface area contributed by atoms with Gasteiger partial charge in [0.2, 0.25) is 0 Å². The van der Waals surface area contributed by atoms with Gasteiger partial charge in [0, 0.05) is 17.8 Å². The minimum Gasteiger partial charge on any atom is -0.497 e. The van der Waals surface area contributed by atoms with Crippen molar-refractivity contribution in [2.75, 3.05) is 20.8 Å². The van der Waals surface area contributed by atoms with E-state index in [1.54, 1.807) is 14.2 Å². The van der Waals surface area contributed by atoms with Crippen LogP contribution in [0.3, 0.4) is 0 Å². The van der Waals surface area contributed by atoms with Crippen molar-refractivity contribution in [2.24, 2.45) is 0 Å². The number of hydrogen-bond acceptors (Lipinski definition) is 4. The average molecular weight is 484 g/mol. The number of methoxy groups -OCH3 is 2. The van der Waals surface area contributed by atoms with E-state index in [0.717, 1.165) is 75.6 Å². The first kappa shape index (κ1) is 23.9. The zero-order valence-electron chi connectivity index (χ0n) is 21.7. The van der Waals surface area contributed by atoms with Gasteiger partial charge < -0.3 is 14.4 Å². The van der Waals surface area contributed by atoms with Gasteiger partial charge in [-0.15, -0.1) is 0 Å². The fraction of sp³-hybridized carbons (Fsp3) is 0.333. The number of carbonyl (C=O) groups is 1. The summed E-state index contributed by atoms with van der Waals surface area (Å²) in [7, 11) is 3.33. The molecule has 0 bridgehead atoms. The van der Waals surface area contributed by atoms with Gasteiger partial charge in [0.15, 0.2) is 0 Å². The summed E-state index contributed by atoms with van der Waals surface area (Å²) >= 11 is 0. The molecule has 1 aliphatic rings. The lowest BCUT2D eigenvalue weighted by molar-refractivity contribution is 0.0597. The standard InChI is InChI=1S/C30H33N3O3/c1-19-9-14-26-25(16-19)31-29(33(26)22-10-12-23(35-4)13-11-22)27-8-6-7-15-32(27)30(34)28-20(2)17-24(36-5)18-21(28)3/h9-14,16-18,27H,6-8,15H2,1-5H3. The first-order valence-corrected chi connectivity index (χ1v) is 12.5. The monoisotopic (exact) mass is 483 g/mol. The third-order valence-electron chi connectivity index (χ3n) is 7.18. The molecule has 6 heteroatoms. The third-order valence-corrected chi connectivity index (χ3v) is 7.18. The fourth-order valence-electron chi connectivity index (χ4n) is 5.40. The van der Waals surface area contributed by atoms with Crippen LogP contribution in [0.2, 0.25) is 0 Å². The molecule has 1 fully saturated rings.